The lowest BCUT2D eigenvalue weighted by Gasteiger charge is -2.10. The lowest BCUT2D eigenvalue weighted by atomic mass is 10.3. The molecule has 0 bridgehead atoms. The second kappa shape index (κ2) is 6.98. The number of aliphatic hydroxyl groups is 1. The first-order valence-electron chi connectivity index (χ1n) is 5.16. The summed E-state index contributed by atoms with van der Waals surface area (Å²) < 4.78 is 5.25. The number of rotatable bonds is 5. The third-order valence-corrected chi connectivity index (χ3v) is 2.10. The molecule has 94 valence electrons. The summed E-state index contributed by atoms with van der Waals surface area (Å²) in [4.78, 5) is 11.2. The average molecular weight is 259 g/mol. The van der Waals surface area contributed by atoms with Gasteiger partial charge in [0.2, 0.25) is 0 Å². The molecule has 2 amide bonds. The number of hydrogen-bond donors (Lipinski definition) is 3. The summed E-state index contributed by atoms with van der Waals surface area (Å²) in [6, 6.07) is 6.42. The minimum atomic E-state index is -0.571. The van der Waals surface area contributed by atoms with Crippen LogP contribution in [-0.2, 0) is 0 Å². The molecule has 0 aromatic heterocycles. The van der Waals surface area contributed by atoms with E-state index in [1.54, 1.807) is 31.2 Å². The number of ether oxygens (including phenoxy) is 1. The molecule has 1 atom stereocenters. The molecule has 6 heteroatoms. The summed E-state index contributed by atoms with van der Waals surface area (Å²) in [6.07, 6.45) is -0.571. The molecule has 0 saturated carbocycles. The Morgan fingerprint density at radius 3 is 2.65 bits per heavy atom. The molecule has 1 aromatic rings. The number of hydrogen-bond acceptors (Lipinski definition) is 3. The van der Waals surface area contributed by atoms with Crippen molar-refractivity contribution in [2.24, 2.45) is 0 Å². The molecule has 0 heterocycles. The summed E-state index contributed by atoms with van der Waals surface area (Å²) in [7, 11) is 0. The Hall–Kier alpha value is -1.46. The molecule has 0 radical (unpaired) electrons. The minimum Gasteiger partial charge on any atom is -0.473 e. The number of carbonyl (C=O) groups is 1. The zero-order chi connectivity index (χ0) is 12.7. The lowest BCUT2D eigenvalue weighted by Crippen LogP contribution is -2.40. The third-order valence-electron chi connectivity index (χ3n) is 1.84. The number of amides is 2. The first kappa shape index (κ1) is 13.6. The van der Waals surface area contributed by atoms with Crippen LogP contribution in [0.5, 0.6) is 5.75 Å². The van der Waals surface area contributed by atoms with Crippen LogP contribution in [0.1, 0.15) is 6.92 Å². The van der Waals surface area contributed by atoms with Crippen LogP contribution in [0.15, 0.2) is 24.3 Å². The molecule has 17 heavy (non-hydrogen) atoms. The highest BCUT2D eigenvalue weighted by molar-refractivity contribution is 6.30. The van der Waals surface area contributed by atoms with Gasteiger partial charge in [0.15, 0.2) is 6.73 Å². The molecule has 3 N–H and O–H groups in total. The normalized spacial score (nSPS) is 11.7. The van der Waals surface area contributed by atoms with Crippen LogP contribution >= 0.6 is 11.6 Å². The molecule has 0 fully saturated rings. The second-order valence-corrected chi connectivity index (χ2v) is 3.91. The van der Waals surface area contributed by atoms with Gasteiger partial charge in [-0.05, 0) is 31.2 Å². The summed E-state index contributed by atoms with van der Waals surface area (Å²) in [5.41, 5.74) is 0. The number of benzene rings is 1. The fraction of sp³-hybridized carbons (Fsp3) is 0.364. The van der Waals surface area contributed by atoms with Gasteiger partial charge >= 0.3 is 6.03 Å². The summed E-state index contributed by atoms with van der Waals surface area (Å²) in [6.45, 7) is 1.84. The Balaban J connectivity index is 2.19. The van der Waals surface area contributed by atoms with E-state index in [2.05, 4.69) is 10.6 Å². The number of aliphatic hydroxyl groups excluding tert-OH is 1. The standard InChI is InChI=1S/C11H15ClN2O3/c1-8(15)6-13-11(16)14-7-17-10-4-2-9(12)3-5-10/h2-5,8,15H,6-7H2,1H3,(H2,13,14,16). The Morgan fingerprint density at radius 2 is 2.06 bits per heavy atom. The van der Waals surface area contributed by atoms with Gasteiger partial charge in [-0.2, -0.15) is 0 Å². The van der Waals surface area contributed by atoms with E-state index in [1.807, 2.05) is 0 Å². The van der Waals surface area contributed by atoms with Gasteiger partial charge in [-0.3, -0.25) is 0 Å². The van der Waals surface area contributed by atoms with Crippen molar-refractivity contribution in [3.63, 3.8) is 0 Å². The first-order chi connectivity index (χ1) is 8.08. The molecule has 0 aliphatic rings. The maximum absolute atomic E-state index is 11.2. The van der Waals surface area contributed by atoms with Gasteiger partial charge in [-0.1, -0.05) is 11.6 Å². The quantitative estimate of drug-likeness (QED) is 0.699. The average Bonchev–Trinajstić information content (AvgIpc) is 2.29. The van der Waals surface area contributed by atoms with Crippen molar-refractivity contribution in [3.8, 4) is 5.75 Å². The maximum Gasteiger partial charge on any atom is 0.317 e. The van der Waals surface area contributed by atoms with Crippen molar-refractivity contribution in [2.75, 3.05) is 13.3 Å². The molecule has 0 aliphatic heterocycles. The molecule has 0 aliphatic carbocycles. The largest absolute Gasteiger partial charge is 0.473 e. The Morgan fingerprint density at radius 1 is 1.41 bits per heavy atom. The van der Waals surface area contributed by atoms with E-state index in [9.17, 15) is 4.79 Å². The second-order valence-electron chi connectivity index (χ2n) is 3.48. The summed E-state index contributed by atoms with van der Waals surface area (Å²) >= 11 is 5.71. The molecule has 5 nitrogen and oxygen atoms in total. The van der Waals surface area contributed by atoms with Crippen molar-refractivity contribution in [1.82, 2.24) is 10.6 Å². The van der Waals surface area contributed by atoms with Gasteiger partial charge in [0.25, 0.3) is 0 Å². The predicted octanol–water partition coefficient (Wildman–Crippen LogP) is 1.36. The van der Waals surface area contributed by atoms with Crippen LogP contribution in [-0.4, -0.2) is 30.5 Å². The Bertz CT molecular complexity index is 354. The smallest absolute Gasteiger partial charge is 0.317 e. The lowest BCUT2D eigenvalue weighted by molar-refractivity contribution is 0.184. The van der Waals surface area contributed by atoms with Gasteiger partial charge in [0.05, 0.1) is 6.10 Å². The van der Waals surface area contributed by atoms with E-state index in [4.69, 9.17) is 21.4 Å². The Labute approximate surface area is 105 Å². The van der Waals surface area contributed by atoms with Crippen LogP contribution in [0.25, 0.3) is 0 Å². The monoisotopic (exact) mass is 258 g/mol. The van der Waals surface area contributed by atoms with E-state index in [1.165, 1.54) is 0 Å². The summed E-state index contributed by atoms with van der Waals surface area (Å²) in [5.74, 6) is 0.616. The van der Waals surface area contributed by atoms with Gasteiger partial charge in [-0.25, -0.2) is 4.79 Å². The minimum absolute atomic E-state index is 0.0489. The van der Waals surface area contributed by atoms with E-state index in [0.29, 0.717) is 10.8 Å². The van der Waals surface area contributed by atoms with Gasteiger partial charge in [0, 0.05) is 11.6 Å². The number of carbonyl (C=O) groups excluding carboxylic acids is 1. The fourth-order valence-electron chi connectivity index (χ4n) is 1.02. The van der Waals surface area contributed by atoms with Crippen LogP contribution in [0, 0.1) is 0 Å². The molecular formula is C11H15ClN2O3. The van der Waals surface area contributed by atoms with Crippen LogP contribution < -0.4 is 15.4 Å². The molecule has 0 spiro atoms. The topological polar surface area (TPSA) is 70.6 Å². The number of urea groups is 1. The molecule has 0 saturated heterocycles. The van der Waals surface area contributed by atoms with Crippen molar-refractivity contribution >= 4 is 17.6 Å². The van der Waals surface area contributed by atoms with E-state index < -0.39 is 6.10 Å². The van der Waals surface area contributed by atoms with Crippen molar-refractivity contribution in [2.45, 2.75) is 13.0 Å². The zero-order valence-electron chi connectivity index (χ0n) is 9.44. The fourth-order valence-corrected chi connectivity index (χ4v) is 1.14. The highest BCUT2D eigenvalue weighted by Crippen LogP contribution is 2.14. The predicted molar refractivity (Wildman–Crippen MR) is 65.2 cm³/mol. The van der Waals surface area contributed by atoms with Crippen LogP contribution in [0.2, 0.25) is 5.02 Å². The molecule has 1 aromatic carbocycles. The van der Waals surface area contributed by atoms with Crippen LogP contribution in [0.3, 0.4) is 0 Å². The zero-order valence-corrected chi connectivity index (χ0v) is 10.2. The van der Waals surface area contributed by atoms with Gasteiger partial charge in [0.1, 0.15) is 5.75 Å². The summed E-state index contributed by atoms with van der Waals surface area (Å²) in [5, 5.41) is 14.5. The highest BCUT2D eigenvalue weighted by atomic mass is 35.5. The van der Waals surface area contributed by atoms with Crippen molar-refractivity contribution in [3.05, 3.63) is 29.3 Å². The Kier molecular flexibility index (Phi) is 5.59. The van der Waals surface area contributed by atoms with E-state index in [-0.39, 0.29) is 19.3 Å². The van der Waals surface area contributed by atoms with Gasteiger partial charge < -0.3 is 20.5 Å². The number of nitrogens with one attached hydrogen (secondary N) is 2. The van der Waals surface area contributed by atoms with Gasteiger partial charge in [-0.15, -0.1) is 0 Å². The van der Waals surface area contributed by atoms with E-state index in [0.717, 1.165) is 0 Å². The van der Waals surface area contributed by atoms with Crippen molar-refractivity contribution < 1.29 is 14.6 Å². The first-order valence-corrected chi connectivity index (χ1v) is 5.54. The molecular weight excluding hydrogens is 244 g/mol. The number of halogens is 1. The molecule has 1 unspecified atom stereocenters. The van der Waals surface area contributed by atoms with Crippen LogP contribution in [0.4, 0.5) is 4.79 Å². The maximum atomic E-state index is 11.2. The van der Waals surface area contributed by atoms with E-state index >= 15 is 0 Å². The third kappa shape index (κ3) is 5.99. The molecule has 1 rings (SSSR count). The highest BCUT2D eigenvalue weighted by Gasteiger charge is 2.01. The SMILES string of the molecule is CC(O)CNC(=O)NCOc1ccc(Cl)cc1. The van der Waals surface area contributed by atoms with Crippen molar-refractivity contribution in [1.29, 1.82) is 0 Å².